The number of sulfonamides is 2. The normalized spacial score (nSPS) is 15.1. The number of nitrogens with zero attached hydrogens (tertiary/aromatic N) is 5. The van der Waals surface area contributed by atoms with E-state index in [4.69, 9.17) is 5.11 Å². The fraction of sp³-hybridized carbons (Fsp3) is 0.269. The van der Waals surface area contributed by atoms with Crippen LogP contribution in [0.1, 0.15) is 100 Å². The van der Waals surface area contributed by atoms with E-state index in [1.54, 1.807) is 60.5 Å². The number of amides is 1. The lowest BCUT2D eigenvalue weighted by molar-refractivity contribution is 0.0632. The van der Waals surface area contributed by atoms with Crippen LogP contribution in [-0.4, -0.2) is 80.4 Å². The number of nitrogens with one attached hydrogen (secondary N) is 5. The third-order valence-corrected chi connectivity index (χ3v) is 14.1. The molecular weight excluding hydrogens is 1010 g/mol. The Hall–Kier alpha value is -7.59. The molecule has 0 bridgehead atoms. The van der Waals surface area contributed by atoms with Crippen LogP contribution in [0.2, 0.25) is 0 Å². The van der Waals surface area contributed by atoms with Gasteiger partial charge in [0.05, 0.1) is 58.5 Å². The molecule has 2 atom stereocenters. The van der Waals surface area contributed by atoms with Gasteiger partial charge in [0, 0.05) is 47.7 Å². The van der Waals surface area contributed by atoms with Crippen LogP contribution in [0.3, 0.4) is 0 Å². The SMILES string of the molecule is Cc1ccc(NS(C)(=O)=O)c(C(=O)N2Cc3ccccc3C[C@H]2c2cc3nc(C)c(C)c(=O)n3[nH]2)c1.Cc1ccc(NS(C)(=O)=O)c(C(=O)O)c1.Cc1nc2cc([C@@H]3Cc4ccccc4CN3)[nH]n2c(=O)c1C.Cl. The third kappa shape index (κ3) is 11.9. The van der Waals surface area contributed by atoms with Crippen molar-refractivity contribution in [1.29, 1.82) is 0 Å². The number of aryl methyl sites for hydroxylation is 4. The molecule has 4 aromatic carbocycles. The highest BCUT2D eigenvalue weighted by Gasteiger charge is 2.34. The molecule has 1 amide bonds. The molecule has 2 aliphatic rings. The Bertz CT molecular complexity index is 3850. The number of rotatable bonds is 8. The number of H-pyrrole nitrogens is 2. The Morgan fingerprint density at radius 2 is 1.08 bits per heavy atom. The highest BCUT2D eigenvalue weighted by atomic mass is 35.5. The molecule has 10 rings (SSSR count). The van der Waals surface area contributed by atoms with Gasteiger partial charge in [0.15, 0.2) is 11.3 Å². The largest absolute Gasteiger partial charge is 0.478 e. The summed E-state index contributed by atoms with van der Waals surface area (Å²) in [5.74, 6) is -1.47. The van der Waals surface area contributed by atoms with E-state index in [-0.39, 0.29) is 58.0 Å². The lowest BCUT2D eigenvalue weighted by Gasteiger charge is -2.37. The van der Waals surface area contributed by atoms with Crippen LogP contribution < -0.4 is 25.9 Å². The van der Waals surface area contributed by atoms with Gasteiger partial charge < -0.3 is 15.3 Å². The summed E-state index contributed by atoms with van der Waals surface area (Å²) >= 11 is 0. The van der Waals surface area contributed by atoms with Gasteiger partial charge in [-0.1, -0.05) is 71.8 Å². The molecule has 22 heteroatoms. The van der Waals surface area contributed by atoms with Gasteiger partial charge in [-0.25, -0.2) is 40.6 Å². The molecular formula is C52H57ClN10O9S2. The summed E-state index contributed by atoms with van der Waals surface area (Å²) in [6, 6.07) is 29.5. The van der Waals surface area contributed by atoms with Gasteiger partial charge in [0.25, 0.3) is 17.0 Å². The van der Waals surface area contributed by atoms with E-state index < -0.39 is 32.1 Å². The second kappa shape index (κ2) is 21.5. The topological polar surface area (TPSA) is 262 Å². The summed E-state index contributed by atoms with van der Waals surface area (Å²) < 4.78 is 53.5. The number of carboxylic acid groups (broad SMARTS) is 1. The van der Waals surface area contributed by atoms with Crippen LogP contribution in [0.15, 0.2) is 107 Å². The fourth-order valence-electron chi connectivity index (χ4n) is 8.92. The first kappa shape index (κ1) is 54.2. The zero-order valence-electron chi connectivity index (χ0n) is 41.9. The summed E-state index contributed by atoms with van der Waals surface area (Å²) in [6.07, 6.45) is 3.47. The number of carbonyl (C=O) groups excluding carboxylic acids is 1. The molecule has 0 saturated heterocycles. The Labute approximate surface area is 433 Å². The Morgan fingerprint density at radius 3 is 1.61 bits per heavy atom. The van der Waals surface area contributed by atoms with E-state index in [1.165, 1.54) is 27.8 Å². The molecule has 74 heavy (non-hydrogen) atoms. The van der Waals surface area contributed by atoms with E-state index >= 15 is 0 Å². The zero-order valence-corrected chi connectivity index (χ0v) is 44.3. The summed E-state index contributed by atoms with van der Waals surface area (Å²) in [7, 11) is -7.05. The van der Waals surface area contributed by atoms with Crippen molar-refractivity contribution in [3.63, 3.8) is 0 Å². The maximum atomic E-state index is 14.0. The number of aromatic carboxylic acids is 1. The average molecular weight is 1070 g/mol. The van der Waals surface area contributed by atoms with Crippen molar-refractivity contribution in [3.8, 4) is 0 Å². The van der Waals surface area contributed by atoms with Gasteiger partial charge in [-0.3, -0.25) is 34.0 Å². The van der Waals surface area contributed by atoms with E-state index in [0.29, 0.717) is 46.8 Å². The monoisotopic (exact) mass is 1060 g/mol. The fourth-order valence-corrected chi connectivity index (χ4v) is 10.1. The molecule has 0 fully saturated rings. The van der Waals surface area contributed by atoms with Gasteiger partial charge >= 0.3 is 5.97 Å². The van der Waals surface area contributed by atoms with Gasteiger partial charge in [-0.2, -0.15) is 0 Å². The maximum absolute atomic E-state index is 14.0. The van der Waals surface area contributed by atoms with E-state index in [1.807, 2.05) is 51.1 Å². The average Bonchev–Trinajstić information content (AvgIpc) is 3.97. The molecule has 6 N–H and O–H groups in total. The summed E-state index contributed by atoms with van der Waals surface area (Å²) in [5.41, 5.74) is 12.3. The number of carboxylic acids is 1. The van der Waals surface area contributed by atoms with Crippen molar-refractivity contribution < 1.29 is 31.5 Å². The van der Waals surface area contributed by atoms with Crippen molar-refractivity contribution in [3.05, 3.63) is 196 Å². The molecule has 388 valence electrons. The van der Waals surface area contributed by atoms with E-state index in [0.717, 1.165) is 59.1 Å². The van der Waals surface area contributed by atoms with Crippen LogP contribution in [0.4, 0.5) is 11.4 Å². The minimum Gasteiger partial charge on any atom is -0.478 e. The molecule has 0 unspecified atom stereocenters. The van der Waals surface area contributed by atoms with Crippen molar-refractivity contribution in [1.82, 2.24) is 39.4 Å². The standard InChI is InChI=1S/C26H27N5O4S.C17H18N4O.C9H11NO4S.ClH/c1-15-9-10-21(29-36(4,34)35)20(11-15)26(33)30-14-19-8-6-5-7-18(19)12-23(30)22-13-24-27-17(3)16(2)25(32)31(24)28-22;1-10-11(2)19-16-8-15(20-21(16)17(10)22)14-7-12-5-3-4-6-13(12)9-18-14;1-6-3-4-8(10-15(2,13)14)7(5-6)9(11)12;/h5-11,13,23,28-29H,12,14H2,1-4H3;3-6,8,14,18,20H,7,9H2,1-2H3;3-5,10H,1-2H3,(H,11,12);1H/t23-;14-;;/m00../s1. The smallest absolute Gasteiger partial charge is 0.337 e. The van der Waals surface area contributed by atoms with E-state index in [9.17, 15) is 36.0 Å². The van der Waals surface area contributed by atoms with Gasteiger partial charge in [-0.15, -0.1) is 12.4 Å². The first-order chi connectivity index (χ1) is 34.4. The highest BCUT2D eigenvalue weighted by molar-refractivity contribution is 7.92. The number of carbonyl (C=O) groups is 2. The number of hydrogen-bond donors (Lipinski definition) is 6. The van der Waals surface area contributed by atoms with Gasteiger partial charge in [-0.05, 0) is 101 Å². The first-order valence-corrected chi connectivity index (χ1v) is 27.0. The number of hydrogen-bond acceptors (Lipinski definition) is 11. The molecule has 19 nitrogen and oxygen atoms in total. The van der Waals surface area contributed by atoms with Crippen molar-refractivity contribution in [2.24, 2.45) is 0 Å². The molecule has 8 aromatic rings. The molecule has 0 saturated carbocycles. The lowest BCUT2D eigenvalue weighted by atomic mass is 9.91. The maximum Gasteiger partial charge on any atom is 0.337 e. The predicted octanol–water partition coefficient (Wildman–Crippen LogP) is 6.77. The molecule has 4 aromatic heterocycles. The summed E-state index contributed by atoms with van der Waals surface area (Å²) in [5, 5.41) is 18.8. The van der Waals surface area contributed by atoms with Crippen molar-refractivity contribution in [2.75, 3.05) is 22.0 Å². The lowest BCUT2D eigenvalue weighted by Crippen LogP contribution is -2.39. The Kier molecular flexibility index (Phi) is 15.7. The number of fused-ring (bicyclic) bond motifs is 4. The number of halogens is 1. The minimum atomic E-state index is -3.59. The van der Waals surface area contributed by atoms with Crippen molar-refractivity contribution >= 4 is 67.0 Å². The first-order valence-electron chi connectivity index (χ1n) is 23.2. The predicted molar refractivity (Wildman–Crippen MR) is 287 cm³/mol. The molecule has 6 heterocycles. The number of aromatic amines is 2. The van der Waals surface area contributed by atoms with Gasteiger partial charge in [0.1, 0.15) is 0 Å². The second-order valence-corrected chi connectivity index (χ2v) is 22.0. The Balaban J connectivity index is 0.000000179. The number of aromatic nitrogens is 6. The third-order valence-electron chi connectivity index (χ3n) is 12.9. The molecule has 0 spiro atoms. The minimum absolute atomic E-state index is 0. The molecule has 0 aliphatic carbocycles. The van der Waals surface area contributed by atoms with Gasteiger partial charge in [0.2, 0.25) is 20.0 Å². The quantitative estimate of drug-likeness (QED) is 0.0921. The summed E-state index contributed by atoms with van der Waals surface area (Å²) in [6.45, 7) is 12.0. The number of anilines is 2. The van der Waals surface area contributed by atoms with Crippen LogP contribution in [0.5, 0.6) is 0 Å². The zero-order chi connectivity index (χ0) is 52.7. The Morgan fingerprint density at radius 1 is 0.622 bits per heavy atom. The number of benzene rings is 4. The highest BCUT2D eigenvalue weighted by Crippen LogP contribution is 2.36. The second-order valence-electron chi connectivity index (χ2n) is 18.5. The van der Waals surface area contributed by atoms with Crippen LogP contribution in [-0.2, 0) is 46.0 Å². The van der Waals surface area contributed by atoms with Crippen LogP contribution >= 0.6 is 12.4 Å². The molecule has 2 aliphatic heterocycles. The van der Waals surface area contributed by atoms with E-state index in [2.05, 4.69) is 59.2 Å². The summed E-state index contributed by atoms with van der Waals surface area (Å²) in [4.78, 5) is 60.8. The van der Waals surface area contributed by atoms with Crippen molar-refractivity contribution in [2.45, 2.75) is 79.6 Å². The molecule has 0 radical (unpaired) electrons. The van der Waals surface area contributed by atoms with Crippen LogP contribution in [0.25, 0.3) is 11.3 Å². The van der Waals surface area contributed by atoms with Crippen LogP contribution in [0, 0.1) is 41.5 Å².